The van der Waals surface area contributed by atoms with Gasteiger partial charge in [0.25, 0.3) is 5.91 Å². The van der Waals surface area contributed by atoms with Gasteiger partial charge in [0.05, 0.1) is 12.8 Å². The Kier molecular flexibility index (Phi) is 5.91. The molecule has 0 aliphatic carbocycles. The molecule has 0 saturated heterocycles. The molecule has 6 nitrogen and oxygen atoms in total. The number of para-hydroxylation sites is 2. The molecule has 0 atom stereocenters. The molecule has 0 fully saturated rings. The van der Waals surface area contributed by atoms with E-state index in [-0.39, 0.29) is 5.91 Å². The summed E-state index contributed by atoms with van der Waals surface area (Å²) in [6.45, 7) is 4.49. The zero-order chi connectivity index (χ0) is 16.7. The van der Waals surface area contributed by atoms with Gasteiger partial charge in [-0.2, -0.15) is 0 Å². The molecule has 2 rings (SSSR count). The summed E-state index contributed by atoms with van der Waals surface area (Å²) in [6.07, 6.45) is 1.98. The van der Waals surface area contributed by atoms with Gasteiger partial charge in [-0.3, -0.25) is 4.79 Å². The van der Waals surface area contributed by atoms with Gasteiger partial charge >= 0.3 is 0 Å². The molecule has 1 amide bonds. The van der Waals surface area contributed by atoms with Crippen LogP contribution in [0.1, 0.15) is 36.1 Å². The minimum absolute atomic E-state index is 0.188. The Morgan fingerprint density at radius 1 is 1.26 bits per heavy atom. The van der Waals surface area contributed by atoms with Crippen molar-refractivity contribution in [3.05, 3.63) is 41.9 Å². The number of anilines is 2. The summed E-state index contributed by atoms with van der Waals surface area (Å²) in [6, 6.07) is 9.17. The van der Waals surface area contributed by atoms with Crippen LogP contribution in [-0.2, 0) is 0 Å². The van der Waals surface area contributed by atoms with E-state index < -0.39 is 0 Å². The van der Waals surface area contributed by atoms with Crippen molar-refractivity contribution in [3.63, 3.8) is 0 Å². The monoisotopic (exact) mass is 314 g/mol. The molecule has 0 aliphatic heterocycles. The molecular weight excluding hydrogens is 292 g/mol. The zero-order valence-corrected chi connectivity index (χ0v) is 13.7. The van der Waals surface area contributed by atoms with Gasteiger partial charge in [-0.1, -0.05) is 25.5 Å². The van der Waals surface area contributed by atoms with Gasteiger partial charge in [-0.05, 0) is 25.5 Å². The number of ether oxygens (including phenoxy) is 1. The first-order valence-corrected chi connectivity index (χ1v) is 7.68. The molecule has 1 heterocycles. The van der Waals surface area contributed by atoms with E-state index in [0.29, 0.717) is 29.6 Å². The maximum absolute atomic E-state index is 12.1. The van der Waals surface area contributed by atoms with Crippen LogP contribution in [-0.4, -0.2) is 29.5 Å². The van der Waals surface area contributed by atoms with E-state index in [1.807, 2.05) is 24.3 Å². The summed E-state index contributed by atoms with van der Waals surface area (Å²) >= 11 is 0. The number of methoxy groups -OCH3 is 1. The molecule has 0 aliphatic rings. The summed E-state index contributed by atoms with van der Waals surface area (Å²) in [4.78, 5) is 20.7. The molecule has 23 heavy (non-hydrogen) atoms. The molecule has 6 heteroatoms. The quantitative estimate of drug-likeness (QED) is 0.768. The van der Waals surface area contributed by atoms with Crippen molar-refractivity contribution in [1.29, 1.82) is 0 Å². The summed E-state index contributed by atoms with van der Waals surface area (Å²) in [5.41, 5.74) is 1.14. The second-order valence-corrected chi connectivity index (χ2v) is 5.12. The minimum atomic E-state index is -0.188. The molecule has 0 unspecified atom stereocenters. The first-order chi connectivity index (χ1) is 11.1. The highest BCUT2D eigenvalue weighted by atomic mass is 16.5. The lowest BCUT2D eigenvalue weighted by atomic mass is 10.2. The summed E-state index contributed by atoms with van der Waals surface area (Å²) in [5, 5.41) is 6.03. The van der Waals surface area contributed by atoms with Crippen LogP contribution in [0.5, 0.6) is 5.75 Å². The predicted molar refractivity (Wildman–Crippen MR) is 90.3 cm³/mol. The maximum Gasteiger partial charge on any atom is 0.270 e. The second-order valence-electron chi connectivity index (χ2n) is 5.12. The number of aromatic nitrogens is 2. The number of carbonyl (C=O) groups excluding carboxylic acids is 1. The average molecular weight is 314 g/mol. The van der Waals surface area contributed by atoms with E-state index >= 15 is 0 Å². The third-order valence-electron chi connectivity index (χ3n) is 3.26. The van der Waals surface area contributed by atoms with Crippen LogP contribution in [0.3, 0.4) is 0 Å². The van der Waals surface area contributed by atoms with Gasteiger partial charge in [0.15, 0.2) is 0 Å². The summed E-state index contributed by atoms with van der Waals surface area (Å²) in [5.74, 6) is 1.61. The van der Waals surface area contributed by atoms with Crippen LogP contribution in [0.4, 0.5) is 11.5 Å². The first kappa shape index (κ1) is 16.7. The van der Waals surface area contributed by atoms with E-state index in [9.17, 15) is 4.79 Å². The average Bonchev–Trinajstić information content (AvgIpc) is 2.55. The summed E-state index contributed by atoms with van der Waals surface area (Å²) < 4.78 is 5.31. The smallest absolute Gasteiger partial charge is 0.270 e. The van der Waals surface area contributed by atoms with Gasteiger partial charge in [-0.25, -0.2) is 9.97 Å². The van der Waals surface area contributed by atoms with Crippen LogP contribution < -0.4 is 15.4 Å². The normalized spacial score (nSPS) is 10.2. The van der Waals surface area contributed by atoms with E-state index in [1.165, 1.54) is 0 Å². The SMILES string of the molecule is CCCCNC(=O)c1cc(Nc2ccccc2OC)nc(C)n1. The number of rotatable bonds is 7. The molecule has 1 aromatic carbocycles. The Hall–Kier alpha value is -2.63. The van der Waals surface area contributed by atoms with Crippen LogP contribution in [0.15, 0.2) is 30.3 Å². The molecule has 2 aromatic rings. The maximum atomic E-state index is 12.1. The Labute approximate surface area is 136 Å². The number of aryl methyl sites for hydroxylation is 1. The molecular formula is C17H22N4O2. The second kappa shape index (κ2) is 8.12. The third kappa shape index (κ3) is 4.67. The van der Waals surface area contributed by atoms with Gasteiger partial charge in [0.2, 0.25) is 0 Å². The van der Waals surface area contributed by atoms with Crippen molar-refractivity contribution < 1.29 is 9.53 Å². The number of hydrogen-bond acceptors (Lipinski definition) is 5. The molecule has 0 radical (unpaired) electrons. The number of unbranched alkanes of at least 4 members (excludes halogenated alkanes) is 1. The fraction of sp³-hybridized carbons (Fsp3) is 0.353. The highest BCUT2D eigenvalue weighted by Gasteiger charge is 2.11. The zero-order valence-electron chi connectivity index (χ0n) is 13.7. The Morgan fingerprint density at radius 3 is 2.78 bits per heavy atom. The molecule has 1 aromatic heterocycles. The van der Waals surface area contributed by atoms with Gasteiger partial charge in [0, 0.05) is 12.6 Å². The highest BCUT2D eigenvalue weighted by Crippen LogP contribution is 2.26. The van der Waals surface area contributed by atoms with Crippen LogP contribution in [0.25, 0.3) is 0 Å². The van der Waals surface area contributed by atoms with Crippen LogP contribution >= 0.6 is 0 Å². The highest BCUT2D eigenvalue weighted by molar-refractivity contribution is 5.93. The van der Waals surface area contributed by atoms with Crippen molar-refractivity contribution in [2.24, 2.45) is 0 Å². The molecule has 122 valence electrons. The molecule has 2 N–H and O–H groups in total. The Balaban J connectivity index is 2.18. The molecule has 0 bridgehead atoms. The largest absolute Gasteiger partial charge is 0.495 e. The third-order valence-corrected chi connectivity index (χ3v) is 3.26. The Morgan fingerprint density at radius 2 is 2.04 bits per heavy atom. The minimum Gasteiger partial charge on any atom is -0.495 e. The van der Waals surface area contributed by atoms with E-state index in [0.717, 1.165) is 18.5 Å². The number of carbonyl (C=O) groups is 1. The lowest BCUT2D eigenvalue weighted by Gasteiger charge is -2.11. The lowest BCUT2D eigenvalue weighted by Crippen LogP contribution is -2.25. The predicted octanol–water partition coefficient (Wildman–Crippen LogP) is 3.07. The van der Waals surface area contributed by atoms with Crippen LogP contribution in [0, 0.1) is 6.92 Å². The number of nitrogens with one attached hydrogen (secondary N) is 2. The number of benzene rings is 1. The van der Waals surface area contributed by atoms with Crippen molar-refractivity contribution >= 4 is 17.4 Å². The molecule has 0 saturated carbocycles. The van der Waals surface area contributed by atoms with E-state index in [4.69, 9.17) is 4.74 Å². The van der Waals surface area contributed by atoms with Crippen molar-refractivity contribution in [3.8, 4) is 5.75 Å². The standard InChI is InChI=1S/C17H22N4O2/c1-4-5-10-18-17(22)14-11-16(20-12(2)19-14)21-13-8-6-7-9-15(13)23-3/h6-9,11H,4-5,10H2,1-3H3,(H,18,22)(H,19,20,21). The molecule has 0 spiro atoms. The van der Waals surface area contributed by atoms with E-state index in [1.54, 1.807) is 20.1 Å². The fourth-order valence-corrected chi connectivity index (χ4v) is 2.10. The first-order valence-electron chi connectivity index (χ1n) is 7.68. The van der Waals surface area contributed by atoms with Gasteiger partial charge in [-0.15, -0.1) is 0 Å². The number of hydrogen-bond donors (Lipinski definition) is 2. The van der Waals surface area contributed by atoms with Crippen molar-refractivity contribution in [2.75, 3.05) is 19.0 Å². The van der Waals surface area contributed by atoms with Crippen molar-refractivity contribution in [2.45, 2.75) is 26.7 Å². The Bertz CT molecular complexity index is 673. The number of nitrogens with zero attached hydrogens (tertiary/aromatic N) is 2. The summed E-state index contributed by atoms with van der Waals surface area (Å²) in [7, 11) is 1.61. The lowest BCUT2D eigenvalue weighted by molar-refractivity contribution is 0.0948. The van der Waals surface area contributed by atoms with Crippen molar-refractivity contribution in [1.82, 2.24) is 15.3 Å². The fourth-order valence-electron chi connectivity index (χ4n) is 2.10. The number of amides is 1. The van der Waals surface area contributed by atoms with E-state index in [2.05, 4.69) is 27.5 Å². The van der Waals surface area contributed by atoms with Gasteiger partial charge < -0.3 is 15.4 Å². The topological polar surface area (TPSA) is 76.1 Å². The van der Waals surface area contributed by atoms with Crippen LogP contribution in [0.2, 0.25) is 0 Å². The van der Waals surface area contributed by atoms with Gasteiger partial charge in [0.1, 0.15) is 23.1 Å².